The Hall–Kier alpha value is -0.320. The zero-order valence-corrected chi connectivity index (χ0v) is 14.0. The Morgan fingerprint density at radius 3 is 2.50 bits per heavy atom. The minimum Gasteiger partial charge on any atom is -0.492 e. The molecule has 0 aliphatic rings. The van der Waals surface area contributed by atoms with Crippen LogP contribution in [-0.2, 0) is 6.54 Å². The maximum Gasteiger partial charge on any atom is 0.147 e. The maximum atomic E-state index is 5.56. The van der Waals surface area contributed by atoms with Crippen LogP contribution in [0.3, 0.4) is 0 Å². The van der Waals surface area contributed by atoms with Crippen LogP contribution in [0.15, 0.2) is 33.7 Å². The van der Waals surface area contributed by atoms with Crippen molar-refractivity contribution in [3.63, 3.8) is 0 Å². The van der Waals surface area contributed by atoms with Crippen LogP contribution in [0.25, 0.3) is 0 Å². The molecular formula is C14H19Br2NO. The van der Waals surface area contributed by atoms with E-state index in [1.807, 2.05) is 13.0 Å². The summed E-state index contributed by atoms with van der Waals surface area (Å²) in [4.78, 5) is 0. The molecule has 0 radical (unpaired) electrons. The molecule has 18 heavy (non-hydrogen) atoms. The fourth-order valence-electron chi connectivity index (χ4n) is 1.62. The summed E-state index contributed by atoms with van der Waals surface area (Å²) in [6, 6.07) is 4.61. The molecule has 0 spiro atoms. The van der Waals surface area contributed by atoms with Crippen LogP contribution in [0.4, 0.5) is 0 Å². The van der Waals surface area contributed by atoms with Crippen molar-refractivity contribution in [1.82, 2.24) is 5.32 Å². The second kappa shape index (κ2) is 7.97. The highest BCUT2D eigenvalue weighted by atomic mass is 79.9. The molecule has 0 fully saturated rings. The average molecular weight is 377 g/mol. The first-order valence-electron chi connectivity index (χ1n) is 6.03. The van der Waals surface area contributed by atoms with Gasteiger partial charge in [-0.25, -0.2) is 0 Å². The highest BCUT2D eigenvalue weighted by molar-refractivity contribution is 9.11. The Balaban J connectivity index is 2.71. The number of benzene rings is 1. The lowest BCUT2D eigenvalue weighted by Crippen LogP contribution is -2.24. The molecule has 0 aliphatic heterocycles. The summed E-state index contributed by atoms with van der Waals surface area (Å²) in [7, 11) is 0. The summed E-state index contributed by atoms with van der Waals surface area (Å²) in [5, 5.41) is 3.45. The molecule has 1 rings (SSSR count). The first-order chi connectivity index (χ1) is 8.58. The van der Waals surface area contributed by atoms with Crippen molar-refractivity contribution in [1.29, 1.82) is 0 Å². The van der Waals surface area contributed by atoms with Crippen LogP contribution in [0.5, 0.6) is 5.75 Å². The summed E-state index contributed by atoms with van der Waals surface area (Å²) >= 11 is 7.08. The van der Waals surface area contributed by atoms with E-state index in [0.717, 1.165) is 27.7 Å². The largest absolute Gasteiger partial charge is 0.492 e. The van der Waals surface area contributed by atoms with Crippen LogP contribution >= 0.6 is 31.9 Å². The Bertz CT molecular complexity index is 384. The summed E-state index contributed by atoms with van der Waals surface area (Å²) in [6.07, 6.45) is 2.90. The van der Waals surface area contributed by atoms with Crippen molar-refractivity contribution >= 4 is 31.9 Å². The van der Waals surface area contributed by atoms with Crippen LogP contribution in [-0.4, -0.2) is 12.6 Å². The predicted octanol–water partition coefficient (Wildman–Crippen LogP) is 4.66. The van der Waals surface area contributed by atoms with Gasteiger partial charge in [0.05, 0.1) is 15.6 Å². The summed E-state index contributed by atoms with van der Waals surface area (Å²) in [5.41, 5.74) is 1.22. The van der Waals surface area contributed by atoms with E-state index >= 15 is 0 Å². The van der Waals surface area contributed by atoms with Gasteiger partial charge in [0.2, 0.25) is 0 Å². The normalized spacial score (nSPS) is 12.2. The second-order valence-electron chi connectivity index (χ2n) is 4.13. The lowest BCUT2D eigenvalue weighted by Gasteiger charge is -2.14. The summed E-state index contributed by atoms with van der Waals surface area (Å²) in [5.74, 6) is 0.861. The van der Waals surface area contributed by atoms with Gasteiger partial charge in [0.15, 0.2) is 0 Å². The lowest BCUT2D eigenvalue weighted by atomic mass is 10.2. The number of ether oxygens (including phenoxy) is 1. The standard InChI is InChI=1S/C14H19Br2NO/c1-4-6-10(3)17-9-11-7-12(15)14(18-5-2)13(16)8-11/h4,7-8,10,17H,1,5-6,9H2,2-3H3. The minimum atomic E-state index is 0.437. The van der Waals surface area contributed by atoms with Crippen molar-refractivity contribution < 1.29 is 4.74 Å². The monoisotopic (exact) mass is 375 g/mol. The molecule has 0 heterocycles. The molecule has 1 aromatic carbocycles. The number of hydrogen-bond acceptors (Lipinski definition) is 2. The van der Waals surface area contributed by atoms with E-state index in [-0.39, 0.29) is 0 Å². The minimum absolute atomic E-state index is 0.437. The van der Waals surface area contributed by atoms with E-state index in [1.54, 1.807) is 0 Å². The third-order valence-corrected chi connectivity index (χ3v) is 3.70. The predicted molar refractivity (Wildman–Crippen MR) is 84.1 cm³/mol. The van der Waals surface area contributed by atoms with Gasteiger partial charge in [-0.3, -0.25) is 0 Å². The third-order valence-electron chi connectivity index (χ3n) is 2.52. The van der Waals surface area contributed by atoms with E-state index in [4.69, 9.17) is 4.74 Å². The molecule has 1 unspecified atom stereocenters. The molecule has 1 aromatic rings. The fourth-order valence-corrected chi connectivity index (χ4v) is 3.13. The SMILES string of the molecule is C=CCC(C)NCc1cc(Br)c(OCC)c(Br)c1. The Morgan fingerprint density at radius 1 is 1.39 bits per heavy atom. The molecular weight excluding hydrogens is 358 g/mol. The second-order valence-corrected chi connectivity index (χ2v) is 5.84. The molecule has 4 heteroatoms. The first-order valence-corrected chi connectivity index (χ1v) is 7.62. The van der Waals surface area contributed by atoms with Crippen molar-refractivity contribution in [2.75, 3.05) is 6.61 Å². The van der Waals surface area contributed by atoms with E-state index < -0.39 is 0 Å². The van der Waals surface area contributed by atoms with Gasteiger partial charge in [0.1, 0.15) is 5.75 Å². The van der Waals surface area contributed by atoms with Gasteiger partial charge in [0, 0.05) is 12.6 Å². The molecule has 0 bridgehead atoms. The number of rotatable bonds is 7. The molecule has 1 atom stereocenters. The highest BCUT2D eigenvalue weighted by Gasteiger charge is 2.09. The topological polar surface area (TPSA) is 21.3 Å². The first kappa shape index (κ1) is 15.7. The van der Waals surface area contributed by atoms with Gasteiger partial charge in [-0.2, -0.15) is 0 Å². The zero-order valence-electron chi connectivity index (χ0n) is 10.8. The van der Waals surface area contributed by atoms with Gasteiger partial charge in [0.25, 0.3) is 0 Å². The smallest absolute Gasteiger partial charge is 0.147 e. The van der Waals surface area contributed by atoms with E-state index in [0.29, 0.717) is 12.6 Å². The maximum absolute atomic E-state index is 5.56. The average Bonchev–Trinajstić information content (AvgIpc) is 2.32. The van der Waals surface area contributed by atoms with Gasteiger partial charge in [-0.1, -0.05) is 6.08 Å². The fraction of sp³-hybridized carbons (Fsp3) is 0.429. The van der Waals surface area contributed by atoms with Crippen LogP contribution in [0, 0.1) is 0 Å². The van der Waals surface area contributed by atoms with Crippen molar-refractivity contribution in [2.45, 2.75) is 32.9 Å². The van der Waals surface area contributed by atoms with Gasteiger partial charge in [-0.05, 0) is 69.8 Å². The molecule has 1 N–H and O–H groups in total. The molecule has 0 aliphatic carbocycles. The van der Waals surface area contributed by atoms with Gasteiger partial charge >= 0.3 is 0 Å². The van der Waals surface area contributed by atoms with E-state index in [9.17, 15) is 0 Å². The van der Waals surface area contributed by atoms with Crippen molar-refractivity contribution in [2.24, 2.45) is 0 Å². The number of nitrogens with one attached hydrogen (secondary N) is 1. The van der Waals surface area contributed by atoms with Crippen molar-refractivity contribution in [3.8, 4) is 5.75 Å². The molecule has 0 aromatic heterocycles. The van der Waals surface area contributed by atoms with Gasteiger partial charge in [-0.15, -0.1) is 6.58 Å². The highest BCUT2D eigenvalue weighted by Crippen LogP contribution is 2.34. The quantitative estimate of drug-likeness (QED) is 0.698. The molecule has 0 saturated carbocycles. The zero-order chi connectivity index (χ0) is 13.5. The Kier molecular flexibility index (Phi) is 6.97. The van der Waals surface area contributed by atoms with Gasteiger partial charge < -0.3 is 10.1 Å². The van der Waals surface area contributed by atoms with E-state index in [2.05, 4.69) is 62.8 Å². The molecule has 0 amide bonds. The molecule has 0 saturated heterocycles. The lowest BCUT2D eigenvalue weighted by molar-refractivity contribution is 0.336. The van der Waals surface area contributed by atoms with Crippen LogP contribution in [0.1, 0.15) is 25.8 Å². The Morgan fingerprint density at radius 2 is 2.00 bits per heavy atom. The molecule has 2 nitrogen and oxygen atoms in total. The number of halogens is 2. The van der Waals surface area contributed by atoms with E-state index in [1.165, 1.54) is 5.56 Å². The summed E-state index contributed by atoms with van der Waals surface area (Å²) < 4.78 is 7.52. The molecule has 100 valence electrons. The summed E-state index contributed by atoms with van der Waals surface area (Å²) in [6.45, 7) is 9.36. The Labute approximate surface area is 126 Å². The van der Waals surface area contributed by atoms with Crippen LogP contribution in [0.2, 0.25) is 0 Å². The van der Waals surface area contributed by atoms with Crippen LogP contribution < -0.4 is 10.1 Å². The third kappa shape index (κ3) is 4.75. The van der Waals surface area contributed by atoms with Crippen molar-refractivity contribution in [3.05, 3.63) is 39.3 Å². The number of hydrogen-bond donors (Lipinski definition) is 1.